The van der Waals surface area contributed by atoms with Crippen molar-refractivity contribution >= 4 is 13.3 Å². The van der Waals surface area contributed by atoms with E-state index in [0.29, 0.717) is 12.4 Å². The fourth-order valence-corrected chi connectivity index (χ4v) is 2.47. The van der Waals surface area contributed by atoms with Crippen LogP contribution >= 0.6 is 7.60 Å². The largest absolute Gasteiger partial charge is 0.424 e. The van der Waals surface area contributed by atoms with Crippen LogP contribution in [-0.4, -0.2) is 17.7 Å². The van der Waals surface area contributed by atoms with Crippen molar-refractivity contribution in [3.05, 3.63) is 34.4 Å². The minimum Gasteiger partial charge on any atom is -0.424 e. The molecule has 1 atom stereocenters. The molecule has 0 radical (unpaired) electrons. The number of nitro benzene ring substituents is 1. The first kappa shape index (κ1) is 14.7. The van der Waals surface area contributed by atoms with E-state index in [4.69, 9.17) is 9.05 Å². The Kier molecular flexibility index (Phi) is 5.31. The van der Waals surface area contributed by atoms with Crippen LogP contribution in [0.5, 0.6) is 5.75 Å². The van der Waals surface area contributed by atoms with Crippen LogP contribution in [0, 0.1) is 10.1 Å². The summed E-state index contributed by atoms with van der Waals surface area (Å²) in [5.74, 6) is 0.307. The maximum atomic E-state index is 12.2. The van der Waals surface area contributed by atoms with Gasteiger partial charge in [0.1, 0.15) is 5.75 Å². The first-order chi connectivity index (χ1) is 8.50. The summed E-state index contributed by atoms with van der Waals surface area (Å²) >= 11 is 0. The monoisotopic (exact) mass is 273 g/mol. The van der Waals surface area contributed by atoms with Crippen LogP contribution in [0.2, 0.25) is 0 Å². The van der Waals surface area contributed by atoms with Gasteiger partial charge in [0.25, 0.3) is 5.69 Å². The zero-order valence-electron chi connectivity index (χ0n) is 10.4. The van der Waals surface area contributed by atoms with E-state index in [1.54, 1.807) is 6.92 Å². The molecule has 1 rings (SSSR count). The van der Waals surface area contributed by atoms with Gasteiger partial charge in [0.2, 0.25) is 0 Å². The second-order valence-electron chi connectivity index (χ2n) is 3.60. The molecule has 0 fully saturated rings. The van der Waals surface area contributed by atoms with E-state index in [1.165, 1.54) is 24.3 Å². The molecule has 0 saturated carbocycles. The van der Waals surface area contributed by atoms with Crippen molar-refractivity contribution in [1.82, 2.24) is 0 Å². The van der Waals surface area contributed by atoms with E-state index < -0.39 is 12.5 Å². The third-order valence-electron chi connectivity index (χ3n) is 2.17. The highest BCUT2D eigenvalue weighted by Crippen LogP contribution is 2.48. The number of nitrogens with zero attached hydrogens (tertiary/aromatic N) is 1. The van der Waals surface area contributed by atoms with Gasteiger partial charge < -0.3 is 4.52 Å². The predicted octanol–water partition coefficient (Wildman–Crippen LogP) is 3.61. The van der Waals surface area contributed by atoms with Crippen molar-refractivity contribution in [2.75, 3.05) is 12.8 Å². The van der Waals surface area contributed by atoms with E-state index in [2.05, 4.69) is 0 Å². The Morgan fingerprint density at radius 3 is 2.33 bits per heavy atom. The van der Waals surface area contributed by atoms with Crippen LogP contribution in [0.25, 0.3) is 0 Å². The van der Waals surface area contributed by atoms with Crippen LogP contribution < -0.4 is 4.52 Å². The molecule has 1 aromatic carbocycles. The quantitative estimate of drug-likeness (QED) is 0.430. The zero-order chi connectivity index (χ0) is 13.6. The summed E-state index contributed by atoms with van der Waals surface area (Å²) in [4.78, 5) is 9.98. The van der Waals surface area contributed by atoms with E-state index in [1.807, 2.05) is 6.92 Å². The van der Waals surface area contributed by atoms with E-state index in [9.17, 15) is 14.7 Å². The van der Waals surface area contributed by atoms with Gasteiger partial charge in [-0.25, -0.2) is 4.57 Å². The molecule has 0 saturated heterocycles. The molecule has 0 aliphatic heterocycles. The van der Waals surface area contributed by atoms with Crippen molar-refractivity contribution in [2.45, 2.75) is 20.3 Å². The molecule has 0 aromatic heterocycles. The van der Waals surface area contributed by atoms with Gasteiger partial charge in [0, 0.05) is 12.1 Å². The Morgan fingerprint density at radius 2 is 1.89 bits per heavy atom. The molecule has 0 bridgehead atoms. The summed E-state index contributed by atoms with van der Waals surface area (Å²) in [6.45, 7) is 3.98. The minimum atomic E-state index is -3.15. The summed E-state index contributed by atoms with van der Waals surface area (Å²) in [6, 6.07) is 5.43. The number of rotatable bonds is 7. The number of hydrogen-bond acceptors (Lipinski definition) is 5. The first-order valence-corrected chi connectivity index (χ1v) is 7.41. The topological polar surface area (TPSA) is 78.7 Å². The highest BCUT2D eigenvalue weighted by atomic mass is 31.2. The fourth-order valence-electron chi connectivity index (χ4n) is 1.20. The van der Waals surface area contributed by atoms with Gasteiger partial charge in [-0.1, -0.05) is 13.8 Å². The highest BCUT2D eigenvalue weighted by molar-refractivity contribution is 7.54. The second-order valence-corrected chi connectivity index (χ2v) is 5.90. The average Bonchev–Trinajstić information content (AvgIpc) is 2.37. The molecule has 6 nitrogen and oxygen atoms in total. The molecule has 0 N–H and O–H groups in total. The number of hydrogen-bond donors (Lipinski definition) is 0. The fraction of sp³-hybridized carbons (Fsp3) is 0.455. The van der Waals surface area contributed by atoms with Gasteiger partial charge >= 0.3 is 7.60 Å². The lowest BCUT2D eigenvalue weighted by Gasteiger charge is -2.17. The van der Waals surface area contributed by atoms with Crippen molar-refractivity contribution < 1.29 is 18.5 Å². The van der Waals surface area contributed by atoms with E-state index >= 15 is 0 Å². The van der Waals surface area contributed by atoms with Gasteiger partial charge in [0.15, 0.2) is 0 Å². The maximum absolute atomic E-state index is 12.2. The summed E-state index contributed by atoms with van der Waals surface area (Å²) in [6.07, 6.45) is 0.998. The Labute approximate surface area is 106 Å². The molecule has 100 valence electrons. The molecule has 0 spiro atoms. The van der Waals surface area contributed by atoms with Gasteiger partial charge in [0.05, 0.1) is 17.7 Å². The van der Waals surface area contributed by atoms with Gasteiger partial charge in [-0.3, -0.25) is 14.6 Å². The second kappa shape index (κ2) is 6.52. The average molecular weight is 273 g/mol. The Hall–Kier alpha value is -1.39. The molecular weight excluding hydrogens is 257 g/mol. The smallest absolute Gasteiger partial charge is 0.378 e. The van der Waals surface area contributed by atoms with Crippen molar-refractivity contribution in [1.29, 1.82) is 0 Å². The Bertz CT molecular complexity index is 445. The van der Waals surface area contributed by atoms with Crippen LogP contribution in [0.4, 0.5) is 5.69 Å². The van der Waals surface area contributed by atoms with Crippen LogP contribution in [0.3, 0.4) is 0 Å². The van der Waals surface area contributed by atoms with Crippen LogP contribution in [-0.2, 0) is 9.09 Å². The molecule has 1 unspecified atom stereocenters. The molecule has 0 heterocycles. The molecule has 0 aliphatic carbocycles. The third kappa shape index (κ3) is 4.13. The summed E-state index contributed by atoms with van der Waals surface area (Å²) in [7, 11) is -3.15. The summed E-state index contributed by atoms with van der Waals surface area (Å²) in [5, 5.41) is 10.5. The normalized spacial score (nSPS) is 13.9. The molecule has 0 amide bonds. The lowest BCUT2D eigenvalue weighted by Crippen LogP contribution is -2.01. The lowest BCUT2D eigenvalue weighted by atomic mass is 10.3. The standard InChI is InChI=1S/C11H16NO5P/c1-3-9-16-18(15,4-2)17-11-7-5-10(6-8-11)12(13)14/h5-8H,3-4,9H2,1-2H3. The van der Waals surface area contributed by atoms with Gasteiger partial charge in [-0.2, -0.15) is 0 Å². The minimum absolute atomic E-state index is 0.0387. The molecule has 1 aromatic rings. The van der Waals surface area contributed by atoms with Gasteiger partial charge in [-0.05, 0) is 18.6 Å². The van der Waals surface area contributed by atoms with Crippen LogP contribution in [0.1, 0.15) is 20.3 Å². The number of nitro groups is 1. The van der Waals surface area contributed by atoms with Crippen molar-refractivity contribution in [3.63, 3.8) is 0 Å². The molecular formula is C11H16NO5P. The number of benzene rings is 1. The zero-order valence-corrected chi connectivity index (χ0v) is 11.3. The van der Waals surface area contributed by atoms with Crippen molar-refractivity contribution in [3.8, 4) is 5.75 Å². The van der Waals surface area contributed by atoms with Gasteiger partial charge in [-0.15, -0.1) is 0 Å². The Balaban J connectivity index is 2.76. The third-order valence-corrected chi connectivity index (χ3v) is 4.01. The van der Waals surface area contributed by atoms with Crippen LogP contribution in [0.15, 0.2) is 24.3 Å². The Morgan fingerprint density at radius 1 is 1.28 bits per heavy atom. The molecule has 0 aliphatic rings. The maximum Gasteiger partial charge on any atom is 0.378 e. The van der Waals surface area contributed by atoms with Crippen molar-refractivity contribution in [2.24, 2.45) is 0 Å². The highest BCUT2D eigenvalue weighted by Gasteiger charge is 2.23. The predicted molar refractivity (Wildman–Crippen MR) is 68.1 cm³/mol. The SMILES string of the molecule is CCCOP(=O)(CC)Oc1ccc([N+](=O)[O-])cc1. The van der Waals surface area contributed by atoms with E-state index in [-0.39, 0.29) is 11.8 Å². The van der Waals surface area contributed by atoms with E-state index in [0.717, 1.165) is 6.42 Å². The molecule has 7 heteroatoms. The lowest BCUT2D eigenvalue weighted by molar-refractivity contribution is -0.384. The number of non-ortho nitro benzene ring substituents is 1. The summed E-state index contributed by atoms with van der Waals surface area (Å²) < 4.78 is 22.7. The first-order valence-electron chi connectivity index (χ1n) is 5.68. The molecule has 18 heavy (non-hydrogen) atoms. The summed E-state index contributed by atoms with van der Waals surface area (Å²) in [5.41, 5.74) is -0.0387.